The maximum Gasteiger partial charge on any atom is 0.180 e. The molecule has 0 aliphatic carbocycles. The Morgan fingerprint density at radius 2 is 1.95 bits per heavy atom. The van der Waals surface area contributed by atoms with E-state index in [2.05, 4.69) is 26.0 Å². The van der Waals surface area contributed by atoms with Crippen molar-refractivity contribution in [3.8, 4) is 0 Å². The lowest BCUT2D eigenvalue weighted by Crippen LogP contribution is -2.25. The molecule has 1 aromatic heterocycles. The highest BCUT2D eigenvalue weighted by molar-refractivity contribution is 9.10. The summed E-state index contributed by atoms with van der Waals surface area (Å²) in [5, 5.41) is 19.8. The Morgan fingerprint density at radius 1 is 1.30 bits per heavy atom. The van der Waals surface area contributed by atoms with Crippen LogP contribution in [0.3, 0.4) is 0 Å². The topological polar surface area (TPSA) is 77.9 Å². The smallest absolute Gasteiger partial charge is 0.180 e. The number of rotatable bonds is 3. The summed E-state index contributed by atoms with van der Waals surface area (Å²) in [5.41, 5.74) is 2.68. The van der Waals surface area contributed by atoms with Gasteiger partial charge in [0.05, 0.1) is 5.69 Å². The molecule has 0 bridgehead atoms. The summed E-state index contributed by atoms with van der Waals surface area (Å²) in [7, 11) is 0. The lowest BCUT2D eigenvalue weighted by molar-refractivity contribution is 0.889. The summed E-state index contributed by atoms with van der Waals surface area (Å²) < 4.78 is 2.54. The van der Waals surface area contributed by atoms with E-state index in [-0.39, 0.29) is 5.71 Å². The standard InChI is InChI=1S/C14H14BrN5/c1-9-7-10(2)20(19-9)14(18-8-16)13(17)11-3-5-12(15)6-4-11/h3-8,16-17H,1-2H3. The van der Waals surface area contributed by atoms with E-state index >= 15 is 0 Å². The molecule has 0 fully saturated rings. The SMILES string of the molecule is Cc1cc(C)n(C(=NC=N)C(=N)c2ccc(Br)cc2)n1. The van der Waals surface area contributed by atoms with Gasteiger partial charge in [-0.15, -0.1) is 0 Å². The van der Waals surface area contributed by atoms with Crippen LogP contribution in [0.5, 0.6) is 0 Å². The van der Waals surface area contributed by atoms with Gasteiger partial charge in [-0.2, -0.15) is 5.10 Å². The fraction of sp³-hybridized carbons (Fsp3) is 0.143. The Balaban J connectivity index is 2.47. The molecule has 0 unspecified atom stereocenters. The predicted molar refractivity (Wildman–Crippen MR) is 84.3 cm³/mol. The molecule has 2 N–H and O–H groups in total. The van der Waals surface area contributed by atoms with Crippen LogP contribution in [0.15, 0.2) is 39.8 Å². The summed E-state index contributed by atoms with van der Waals surface area (Å²) in [5.74, 6) is 0.341. The fourth-order valence-electron chi connectivity index (χ4n) is 1.88. The first-order valence-corrected chi connectivity index (χ1v) is 6.77. The number of nitrogens with one attached hydrogen (secondary N) is 2. The molecule has 5 nitrogen and oxygen atoms in total. The van der Waals surface area contributed by atoms with Crippen molar-refractivity contribution in [3.63, 3.8) is 0 Å². The average molecular weight is 332 g/mol. The maximum atomic E-state index is 8.29. The summed E-state index contributed by atoms with van der Waals surface area (Å²) in [6.45, 7) is 3.78. The van der Waals surface area contributed by atoms with Crippen molar-refractivity contribution in [1.82, 2.24) is 9.78 Å². The highest BCUT2D eigenvalue weighted by Gasteiger charge is 2.15. The van der Waals surface area contributed by atoms with Crippen LogP contribution in [0.1, 0.15) is 17.0 Å². The number of hydrogen-bond acceptors (Lipinski definition) is 3. The van der Waals surface area contributed by atoms with Gasteiger partial charge in [0, 0.05) is 15.7 Å². The van der Waals surface area contributed by atoms with Gasteiger partial charge >= 0.3 is 0 Å². The zero-order valence-corrected chi connectivity index (χ0v) is 12.8. The summed E-state index contributed by atoms with van der Waals surface area (Å²) in [6, 6.07) is 9.31. The van der Waals surface area contributed by atoms with Crippen molar-refractivity contribution >= 4 is 33.8 Å². The van der Waals surface area contributed by atoms with E-state index in [1.165, 1.54) is 0 Å². The zero-order chi connectivity index (χ0) is 14.7. The van der Waals surface area contributed by atoms with E-state index in [0.717, 1.165) is 27.8 Å². The van der Waals surface area contributed by atoms with Gasteiger partial charge in [-0.25, -0.2) is 9.67 Å². The van der Waals surface area contributed by atoms with Crippen LogP contribution in [0.2, 0.25) is 0 Å². The van der Waals surface area contributed by atoms with Crippen LogP contribution >= 0.6 is 15.9 Å². The maximum absolute atomic E-state index is 8.29. The van der Waals surface area contributed by atoms with Crippen molar-refractivity contribution in [2.24, 2.45) is 4.99 Å². The van der Waals surface area contributed by atoms with Gasteiger partial charge in [0.1, 0.15) is 12.1 Å². The number of aromatic nitrogens is 2. The molecule has 0 aliphatic rings. The third kappa shape index (κ3) is 2.91. The molecule has 0 saturated heterocycles. The van der Waals surface area contributed by atoms with Crippen molar-refractivity contribution in [2.75, 3.05) is 0 Å². The molecule has 6 heteroatoms. The molecule has 1 aromatic carbocycles. The number of hydrogen-bond donors (Lipinski definition) is 2. The van der Waals surface area contributed by atoms with E-state index < -0.39 is 0 Å². The first kappa shape index (κ1) is 14.3. The summed E-state index contributed by atoms with van der Waals surface area (Å²) in [4.78, 5) is 3.99. The van der Waals surface area contributed by atoms with Crippen molar-refractivity contribution in [3.05, 3.63) is 51.8 Å². The number of benzene rings is 1. The molecular weight excluding hydrogens is 318 g/mol. The molecule has 0 amide bonds. The van der Waals surface area contributed by atoms with Crippen molar-refractivity contribution < 1.29 is 0 Å². The first-order valence-electron chi connectivity index (χ1n) is 5.98. The van der Waals surface area contributed by atoms with E-state index in [4.69, 9.17) is 10.8 Å². The molecule has 2 aromatic rings. The van der Waals surface area contributed by atoms with E-state index in [0.29, 0.717) is 5.84 Å². The van der Waals surface area contributed by atoms with Gasteiger partial charge in [0.25, 0.3) is 0 Å². The van der Waals surface area contributed by atoms with E-state index in [1.807, 2.05) is 44.2 Å². The fourth-order valence-corrected chi connectivity index (χ4v) is 2.14. The minimum Gasteiger partial charge on any atom is -0.296 e. The summed E-state index contributed by atoms with van der Waals surface area (Å²) in [6.07, 6.45) is 0.930. The normalized spacial score (nSPS) is 11.4. The zero-order valence-electron chi connectivity index (χ0n) is 11.2. The monoisotopic (exact) mass is 331 g/mol. The number of nitrogens with zero attached hydrogens (tertiary/aromatic N) is 3. The van der Waals surface area contributed by atoms with Gasteiger partial charge in [0.2, 0.25) is 0 Å². The minimum absolute atomic E-state index is 0.229. The first-order chi connectivity index (χ1) is 9.52. The van der Waals surface area contributed by atoms with Crippen molar-refractivity contribution in [1.29, 1.82) is 10.8 Å². The number of aliphatic imine (C=N–C) groups is 1. The highest BCUT2D eigenvalue weighted by Crippen LogP contribution is 2.12. The molecule has 0 atom stereocenters. The molecule has 0 aliphatic heterocycles. The molecule has 0 radical (unpaired) electrons. The number of halogens is 1. The molecule has 102 valence electrons. The van der Waals surface area contributed by atoms with Gasteiger partial charge in [-0.05, 0) is 32.0 Å². The number of aryl methyl sites for hydroxylation is 2. The Hall–Kier alpha value is -2.08. The molecule has 1 heterocycles. The van der Waals surface area contributed by atoms with Gasteiger partial charge in [-0.1, -0.05) is 28.1 Å². The quantitative estimate of drug-likeness (QED) is 0.657. The van der Waals surface area contributed by atoms with Crippen LogP contribution in [0.25, 0.3) is 0 Å². The van der Waals surface area contributed by atoms with Crippen LogP contribution < -0.4 is 0 Å². The molecule has 0 spiro atoms. The van der Waals surface area contributed by atoms with E-state index in [1.54, 1.807) is 4.68 Å². The van der Waals surface area contributed by atoms with Gasteiger partial charge in [0.15, 0.2) is 5.84 Å². The third-order valence-electron chi connectivity index (χ3n) is 2.75. The third-order valence-corrected chi connectivity index (χ3v) is 3.28. The second-order valence-corrected chi connectivity index (χ2v) is 5.22. The average Bonchev–Trinajstić information content (AvgIpc) is 2.75. The Bertz CT molecular complexity index is 682. The summed E-state index contributed by atoms with van der Waals surface area (Å²) >= 11 is 3.37. The molecule has 2 rings (SSSR count). The van der Waals surface area contributed by atoms with Gasteiger partial charge < -0.3 is 0 Å². The van der Waals surface area contributed by atoms with E-state index in [9.17, 15) is 0 Å². The molecule has 0 saturated carbocycles. The Labute approximate surface area is 125 Å². The molecule has 20 heavy (non-hydrogen) atoms. The van der Waals surface area contributed by atoms with Crippen LogP contribution in [0.4, 0.5) is 0 Å². The Morgan fingerprint density at radius 3 is 2.45 bits per heavy atom. The van der Waals surface area contributed by atoms with Gasteiger partial charge in [-0.3, -0.25) is 10.8 Å². The molecular formula is C14H14BrN5. The lowest BCUT2D eigenvalue weighted by atomic mass is 10.1. The van der Waals surface area contributed by atoms with Crippen LogP contribution in [0, 0.1) is 24.7 Å². The second kappa shape index (κ2) is 5.92. The van der Waals surface area contributed by atoms with Crippen molar-refractivity contribution in [2.45, 2.75) is 13.8 Å². The largest absolute Gasteiger partial charge is 0.296 e. The lowest BCUT2D eigenvalue weighted by Gasteiger charge is -2.09. The Kier molecular flexibility index (Phi) is 4.24. The predicted octanol–water partition coefficient (Wildman–Crippen LogP) is 3.18. The van der Waals surface area contributed by atoms with Crippen LogP contribution in [-0.2, 0) is 0 Å². The van der Waals surface area contributed by atoms with Crippen LogP contribution in [-0.4, -0.2) is 27.7 Å². The highest BCUT2D eigenvalue weighted by atomic mass is 79.9. The minimum atomic E-state index is 0.229. The second-order valence-electron chi connectivity index (χ2n) is 4.30.